The van der Waals surface area contributed by atoms with E-state index in [0.717, 1.165) is 0 Å². The third-order valence-electron chi connectivity index (χ3n) is 2.11. The van der Waals surface area contributed by atoms with Crippen LogP contribution in [0.25, 0.3) is 10.8 Å². The first-order valence-electron chi connectivity index (χ1n) is 4.48. The van der Waals surface area contributed by atoms with Crippen LogP contribution in [0.15, 0.2) is 30.3 Å². The number of hydrogen-bond acceptors (Lipinski definition) is 5. The molecule has 0 aliphatic carbocycles. The second-order valence-corrected chi connectivity index (χ2v) is 4.38. The minimum absolute atomic E-state index is 0.0925. The number of phenols is 2. The Bertz CT molecular complexity index is 677. The van der Waals surface area contributed by atoms with Gasteiger partial charge in [-0.05, 0) is 35.0 Å². The minimum atomic E-state index is -4.58. The van der Waals surface area contributed by atoms with Gasteiger partial charge in [-0.2, -0.15) is 8.42 Å². The lowest BCUT2D eigenvalue weighted by atomic mass is 10.1. The predicted octanol–water partition coefficient (Wildman–Crippen LogP) is 1.43. The first-order valence-corrected chi connectivity index (χ1v) is 5.84. The van der Waals surface area contributed by atoms with Crippen LogP contribution in [0.4, 0.5) is 0 Å². The largest absolute Gasteiger partial charge is 0.504 e. The monoisotopic (exact) mass is 256 g/mol. The predicted molar refractivity (Wildman–Crippen MR) is 59.5 cm³/mol. The molecule has 0 spiro atoms. The van der Waals surface area contributed by atoms with Crippen molar-refractivity contribution in [1.82, 2.24) is 0 Å². The van der Waals surface area contributed by atoms with Gasteiger partial charge in [-0.1, -0.05) is 6.07 Å². The number of benzene rings is 2. The molecular weight excluding hydrogens is 248 g/mol. The Morgan fingerprint density at radius 2 is 1.53 bits per heavy atom. The van der Waals surface area contributed by atoms with Crippen LogP contribution >= 0.6 is 0 Å². The molecule has 0 saturated heterocycles. The van der Waals surface area contributed by atoms with Crippen molar-refractivity contribution in [2.24, 2.45) is 0 Å². The summed E-state index contributed by atoms with van der Waals surface area (Å²) in [6, 6.07) is 6.67. The zero-order chi connectivity index (χ0) is 12.6. The van der Waals surface area contributed by atoms with E-state index >= 15 is 0 Å². The van der Waals surface area contributed by atoms with Crippen LogP contribution in [0, 0.1) is 0 Å². The van der Waals surface area contributed by atoms with E-state index in [0.29, 0.717) is 10.8 Å². The van der Waals surface area contributed by atoms with E-state index in [1.165, 1.54) is 30.3 Å². The summed E-state index contributed by atoms with van der Waals surface area (Å²) in [5.41, 5.74) is 0. The summed E-state index contributed by atoms with van der Waals surface area (Å²) in [4.78, 5) is 0. The third kappa shape index (κ3) is 2.58. The van der Waals surface area contributed by atoms with Crippen LogP contribution in [0.2, 0.25) is 0 Å². The van der Waals surface area contributed by atoms with E-state index < -0.39 is 10.4 Å². The van der Waals surface area contributed by atoms with Crippen LogP contribution in [-0.2, 0) is 10.4 Å². The highest BCUT2D eigenvalue weighted by molar-refractivity contribution is 7.81. The SMILES string of the molecule is O=S(=O)(O)Oc1ccc2cc(O)c(O)cc2c1. The lowest BCUT2D eigenvalue weighted by molar-refractivity contribution is 0.387. The maximum Gasteiger partial charge on any atom is 0.446 e. The molecule has 0 atom stereocenters. The fraction of sp³-hybridized carbons (Fsp3) is 0. The van der Waals surface area contributed by atoms with E-state index in [-0.39, 0.29) is 17.2 Å². The molecule has 0 radical (unpaired) electrons. The van der Waals surface area contributed by atoms with Gasteiger partial charge in [-0.25, -0.2) is 0 Å². The summed E-state index contributed by atoms with van der Waals surface area (Å²) in [5, 5.41) is 19.6. The van der Waals surface area contributed by atoms with Gasteiger partial charge in [0.05, 0.1) is 0 Å². The molecule has 90 valence electrons. The molecule has 0 saturated carbocycles. The normalized spacial score (nSPS) is 11.6. The fourth-order valence-electron chi connectivity index (χ4n) is 1.43. The molecule has 0 aliphatic heterocycles. The molecule has 7 heteroatoms. The quantitative estimate of drug-likeness (QED) is 0.554. The molecule has 0 aliphatic rings. The molecule has 6 nitrogen and oxygen atoms in total. The van der Waals surface area contributed by atoms with Gasteiger partial charge < -0.3 is 14.4 Å². The minimum Gasteiger partial charge on any atom is -0.504 e. The first kappa shape index (κ1) is 11.5. The molecule has 0 bridgehead atoms. The molecule has 3 N–H and O–H groups in total. The maximum absolute atomic E-state index is 10.5. The molecular formula is C10H8O6S. The van der Waals surface area contributed by atoms with E-state index in [1.807, 2.05) is 0 Å². The van der Waals surface area contributed by atoms with E-state index in [1.54, 1.807) is 0 Å². The van der Waals surface area contributed by atoms with E-state index in [2.05, 4.69) is 4.18 Å². The van der Waals surface area contributed by atoms with Gasteiger partial charge in [0.25, 0.3) is 0 Å². The average Bonchev–Trinajstić information content (AvgIpc) is 2.18. The van der Waals surface area contributed by atoms with Crippen LogP contribution < -0.4 is 4.18 Å². The zero-order valence-corrected chi connectivity index (χ0v) is 9.18. The summed E-state index contributed by atoms with van der Waals surface area (Å²) < 4.78 is 33.8. The molecule has 0 heterocycles. The number of hydrogen-bond donors (Lipinski definition) is 3. The molecule has 0 unspecified atom stereocenters. The van der Waals surface area contributed by atoms with Crippen molar-refractivity contribution in [3.63, 3.8) is 0 Å². The first-order chi connectivity index (χ1) is 7.85. The standard InChI is InChI=1S/C10H8O6S/c11-9-4-6-1-2-8(16-17(13,14)15)3-7(6)5-10(9)12/h1-5,11-12H,(H,13,14,15). The average molecular weight is 256 g/mol. The molecule has 2 aromatic rings. The Labute approximate surface area is 96.7 Å². The molecule has 2 rings (SSSR count). The highest BCUT2D eigenvalue weighted by atomic mass is 32.3. The van der Waals surface area contributed by atoms with Crippen molar-refractivity contribution in [1.29, 1.82) is 0 Å². The summed E-state index contributed by atoms with van der Waals surface area (Å²) in [7, 11) is -4.58. The Morgan fingerprint density at radius 1 is 0.941 bits per heavy atom. The summed E-state index contributed by atoms with van der Waals surface area (Å²) in [5.74, 6) is -0.701. The molecule has 0 aromatic heterocycles. The van der Waals surface area contributed by atoms with Crippen molar-refractivity contribution in [3.8, 4) is 17.2 Å². The Kier molecular flexibility index (Phi) is 2.56. The lowest BCUT2D eigenvalue weighted by Crippen LogP contribution is -2.06. The maximum atomic E-state index is 10.5. The Hall–Kier alpha value is -1.99. The summed E-state index contributed by atoms with van der Waals surface area (Å²) in [6.07, 6.45) is 0. The smallest absolute Gasteiger partial charge is 0.446 e. The van der Waals surface area contributed by atoms with Crippen molar-refractivity contribution >= 4 is 21.2 Å². The topological polar surface area (TPSA) is 104 Å². The van der Waals surface area contributed by atoms with Crippen LogP contribution in [0.3, 0.4) is 0 Å². The van der Waals surface area contributed by atoms with Crippen molar-refractivity contribution < 1.29 is 27.4 Å². The number of rotatable bonds is 2. The Balaban J connectivity index is 2.54. The van der Waals surface area contributed by atoms with Gasteiger partial charge in [-0.15, -0.1) is 0 Å². The van der Waals surface area contributed by atoms with Crippen molar-refractivity contribution in [2.45, 2.75) is 0 Å². The summed E-state index contributed by atoms with van der Waals surface area (Å²) >= 11 is 0. The van der Waals surface area contributed by atoms with Gasteiger partial charge in [0.2, 0.25) is 0 Å². The lowest BCUT2D eigenvalue weighted by Gasteiger charge is -2.05. The second kappa shape index (κ2) is 3.79. The molecule has 17 heavy (non-hydrogen) atoms. The molecule has 0 amide bonds. The van der Waals surface area contributed by atoms with Crippen molar-refractivity contribution in [2.75, 3.05) is 0 Å². The fourth-order valence-corrected chi connectivity index (χ4v) is 1.77. The van der Waals surface area contributed by atoms with Crippen LogP contribution in [0.1, 0.15) is 0 Å². The van der Waals surface area contributed by atoms with Crippen LogP contribution in [0.5, 0.6) is 17.2 Å². The Morgan fingerprint density at radius 3 is 2.12 bits per heavy atom. The molecule has 2 aromatic carbocycles. The van der Waals surface area contributed by atoms with Gasteiger partial charge >= 0.3 is 10.4 Å². The van der Waals surface area contributed by atoms with Gasteiger partial charge in [0, 0.05) is 0 Å². The zero-order valence-electron chi connectivity index (χ0n) is 8.36. The second-order valence-electron chi connectivity index (χ2n) is 3.36. The van der Waals surface area contributed by atoms with E-state index in [4.69, 9.17) is 4.55 Å². The number of fused-ring (bicyclic) bond motifs is 1. The van der Waals surface area contributed by atoms with Crippen LogP contribution in [-0.4, -0.2) is 23.2 Å². The highest BCUT2D eigenvalue weighted by Gasteiger charge is 2.08. The number of phenolic OH excluding ortho intramolecular Hbond substituents is 2. The van der Waals surface area contributed by atoms with Gasteiger partial charge in [-0.3, -0.25) is 4.55 Å². The van der Waals surface area contributed by atoms with E-state index in [9.17, 15) is 18.6 Å². The molecule has 0 fully saturated rings. The highest BCUT2D eigenvalue weighted by Crippen LogP contribution is 2.32. The van der Waals surface area contributed by atoms with Gasteiger partial charge in [0.15, 0.2) is 11.5 Å². The number of aromatic hydroxyl groups is 2. The third-order valence-corrected chi connectivity index (χ3v) is 2.51. The van der Waals surface area contributed by atoms with Crippen molar-refractivity contribution in [3.05, 3.63) is 30.3 Å². The summed E-state index contributed by atoms with van der Waals surface area (Å²) in [6.45, 7) is 0. The van der Waals surface area contributed by atoms with Gasteiger partial charge in [0.1, 0.15) is 5.75 Å².